The maximum atomic E-state index is 11.2. The van der Waals surface area contributed by atoms with Crippen LogP contribution < -0.4 is 5.32 Å². The lowest BCUT2D eigenvalue weighted by molar-refractivity contribution is 0.264. The highest BCUT2D eigenvalue weighted by molar-refractivity contribution is 7.85. The van der Waals surface area contributed by atoms with E-state index in [0.717, 1.165) is 43.4 Å². The number of hydrogen-bond donors (Lipinski definition) is 1. The summed E-state index contributed by atoms with van der Waals surface area (Å²) >= 11 is 0. The van der Waals surface area contributed by atoms with E-state index in [-0.39, 0.29) is 0 Å². The molecule has 0 saturated carbocycles. The van der Waals surface area contributed by atoms with Crippen LogP contribution in [-0.4, -0.2) is 40.8 Å². The Morgan fingerprint density at radius 2 is 2.25 bits per heavy atom. The van der Waals surface area contributed by atoms with Crippen LogP contribution >= 0.6 is 0 Å². The average Bonchev–Trinajstić information content (AvgIpc) is 2.70. The van der Waals surface area contributed by atoms with Crippen molar-refractivity contribution in [3.05, 3.63) is 23.7 Å². The Morgan fingerprint density at radius 3 is 2.94 bits per heavy atom. The maximum Gasteiger partial charge on any atom is 0.122 e. The van der Waals surface area contributed by atoms with Crippen LogP contribution in [0.1, 0.15) is 11.3 Å². The van der Waals surface area contributed by atoms with E-state index < -0.39 is 10.8 Å². The Hall–Kier alpha value is -0.650. The summed E-state index contributed by atoms with van der Waals surface area (Å²) in [4.78, 5) is 2.30. The van der Waals surface area contributed by atoms with Crippen molar-refractivity contribution in [1.29, 1.82) is 0 Å². The molecule has 0 aliphatic carbocycles. The van der Waals surface area contributed by atoms with Crippen molar-refractivity contribution in [3.63, 3.8) is 0 Å². The van der Waals surface area contributed by atoms with Gasteiger partial charge in [-0.1, -0.05) is 0 Å². The third-order valence-electron chi connectivity index (χ3n) is 2.84. The highest BCUT2D eigenvalue weighted by Crippen LogP contribution is 2.14. The molecule has 1 N–H and O–H groups in total. The first-order chi connectivity index (χ1) is 7.79. The minimum absolute atomic E-state index is 0.603. The van der Waals surface area contributed by atoms with Gasteiger partial charge in [0.05, 0.1) is 12.8 Å². The van der Waals surface area contributed by atoms with Gasteiger partial charge >= 0.3 is 0 Å². The van der Waals surface area contributed by atoms with E-state index in [1.165, 1.54) is 5.56 Å². The maximum absolute atomic E-state index is 11.2. The quantitative estimate of drug-likeness (QED) is 0.838. The Bertz CT molecular complexity index is 355. The van der Waals surface area contributed by atoms with Crippen molar-refractivity contribution in [2.75, 3.05) is 31.6 Å². The van der Waals surface area contributed by atoms with Gasteiger partial charge in [0.15, 0.2) is 0 Å². The summed E-state index contributed by atoms with van der Waals surface area (Å²) in [6.07, 6.45) is 1.74. The molecule has 1 aromatic rings. The lowest BCUT2D eigenvalue weighted by atomic mass is 10.2. The Labute approximate surface area is 98.5 Å². The second kappa shape index (κ2) is 5.61. The third-order valence-corrected chi connectivity index (χ3v) is 4.12. The Morgan fingerprint density at radius 1 is 1.50 bits per heavy atom. The number of hydrogen-bond acceptors (Lipinski definition) is 4. The number of nitrogens with zero attached hydrogens (tertiary/aromatic N) is 1. The molecular formula is C11H18N2O2S. The fraction of sp³-hybridized carbons (Fsp3) is 0.636. The molecule has 1 saturated heterocycles. The summed E-state index contributed by atoms with van der Waals surface area (Å²) in [6, 6.07) is 2.01. The number of rotatable bonds is 4. The van der Waals surface area contributed by atoms with Gasteiger partial charge in [-0.15, -0.1) is 0 Å². The Balaban J connectivity index is 1.93. The molecule has 2 heterocycles. The second-order valence-corrected chi connectivity index (χ2v) is 5.72. The van der Waals surface area contributed by atoms with Crippen molar-refractivity contribution in [2.45, 2.75) is 13.1 Å². The highest BCUT2D eigenvalue weighted by atomic mass is 32.2. The summed E-state index contributed by atoms with van der Waals surface area (Å²) in [5, 5.41) is 3.13. The molecule has 90 valence electrons. The van der Waals surface area contributed by atoms with Crippen LogP contribution in [0.5, 0.6) is 0 Å². The molecule has 1 aromatic heterocycles. The van der Waals surface area contributed by atoms with Crippen LogP contribution in [0, 0.1) is 0 Å². The molecule has 2 rings (SSSR count). The van der Waals surface area contributed by atoms with Gasteiger partial charge in [0.2, 0.25) is 0 Å². The molecule has 1 fully saturated rings. The van der Waals surface area contributed by atoms with Gasteiger partial charge in [-0.05, 0) is 13.1 Å². The molecule has 0 amide bonds. The van der Waals surface area contributed by atoms with Gasteiger partial charge in [-0.2, -0.15) is 0 Å². The minimum Gasteiger partial charge on any atom is -0.468 e. The second-order valence-electron chi connectivity index (χ2n) is 4.02. The van der Waals surface area contributed by atoms with E-state index in [9.17, 15) is 4.21 Å². The van der Waals surface area contributed by atoms with Crippen molar-refractivity contribution in [2.24, 2.45) is 0 Å². The van der Waals surface area contributed by atoms with Crippen LogP contribution in [0.3, 0.4) is 0 Å². The normalized spacial score (nSPS) is 19.1. The van der Waals surface area contributed by atoms with E-state index in [0.29, 0.717) is 0 Å². The van der Waals surface area contributed by atoms with Crippen LogP contribution in [0.4, 0.5) is 0 Å². The SMILES string of the molecule is CNCc1ccoc1CN1CCS(=O)CC1. The molecule has 4 nitrogen and oxygen atoms in total. The van der Waals surface area contributed by atoms with Gasteiger partial charge < -0.3 is 9.73 Å². The monoisotopic (exact) mass is 242 g/mol. The van der Waals surface area contributed by atoms with Crippen molar-refractivity contribution >= 4 is 10.8 Å². The highest BCUT2D eigenvalue weighted by Gasteiger charge is 2.17. The fourth-order valence-corrected chi connectivity index (χ4v) is 3.02. The van der Waals surface area contributed by atoms with Crippen molar-refractivity contribution in [1.82, 2.24) is 10.2 Å². The molecule has 0 aromatic carbocycles. The third kappa shape index (κ3) is 2.93. The predicted molar refractivity (Wildman–Crippen MR) is 64.6 cm³/mol. The molecule has 0 unspecified atom stereocenters. The first-order valence-electron chi connectivity index (χ1n) is 5.57. The van der Waals surface area contributed by atoms with Gasteiger partial charge in [0, 0.05) is 47.5 Å². The van der Waals surface area contributed by atoms with Gasteiger partial charge in [0.25, 0.3) is 0 Å². The fourth-order valence-electron chi connectivity index (χ4n) is 1.89. The molecule has 0 bridgehead atoms. The van der Waals surface area contributed by atoms with E-state index in [1.54, 1.807) is 6.26 Å². The van der Waals surface area contributed by atoms with E-state index in [1.807, 2.05) is 13.1 Å². The smallest absolute Gasteiger partial charge is 0.122 e. The van der Waals surface area contributed by atoms with Crippen LogP contribution in [-0.2, 0) is 23.9 Å². The average molecular weight is 242 g/mol. The molecular weight excluding hydrogens is 224 g/mol. The molecule has 5 heteroatoms. The molecule has 0 spiro atoms. The number of furan rings is 1. The van der Waals surface area contributed by atoms with Crippen molar-refractivity contribution in [3.8, 4) is 0 Å². The van der Waals surface area contributed by atoms with Gasteiger partial charge in [-0.25, -0.2) is 0 Å². The standard InChI is InChI=1S/C11H18N2O2S/c1-12-8-10-2-5-15-11(10)9-13-3-6-16(14)7-4-13/h2,5,12H,3-4,6-9H2,1H3. The van der Waals surface area contributed by atoms with Crippen LogP contribution in [0.2, 0.25) is 0 Å². The zero-order valence-corrected chi connectivity index (χ0v) is 10.4. The first-order valence-corrected chi connectivity index (χ1v) is 7.05. The summed E-state index contributed by atoms with van der Waals surface area (Å²) in [6.45, 7) is 3.49. The zero-order chi connectivity index (χ0) is 11.4. The largest absolute Gasteiger partial charge is 0.468 e. The van der Waals surface area contributed by atoms with Gasteiger partial charge in [0.1, 0.15) is 5.76 Å². The lowest BCUT2D eigenvalue weighted by Gasteiger charge is -2.25. The van der Waals surface area contributed by atoms with Crippen molar-refractivity contribution < 1.29 is 8.63 Å². The first kappa shape index (κ1) is 11.8. The summed E-state index contributed by atoms with van der Waals surface area (Å²) in [5.74, 6) is 2.62. The Kier molecular flexibility index (Phi) is 4.15. The summed E-state index contributed by atoms with van der Waals surface area (Å²) < 4.78 is 16.7. The zero-order valence-electron chi connectivity index (χ0n) is 9.57. The van der Waals surface area contributed by atoms with E-state index in [4.69, 9.17) is 4.42 Å². The van der Waals surface area contributed by atoms with Crippen LogP contribution in [0.15, 0.2) is 16.7 Å². The summed E-state index contributed by atoms with van der Waals surface area (Å²) in [5.41, 5.74) is 1.22. The predicted octanol–water partition coefficient (Wildman–Crippen LogP) is 0.563. The lowest BCUT2D eigenvalue weighted by Crippen LogP contribution is -2.37. The molecule has 0 atom stereocenters. The van der Waals surface area contributed by atoms with Crippen LogP contribution in [0.25, 0.3) is 0 Å². The molecule has 1 aliphatic heterocycles. The number of nitrogens with one attached hydrogen (secondary N) is 1. The minimum atomic E-state index is -0.603. The molecule has 1 aliphatic rings. The van der Waals surface area contributed by atoms with E-state index >= 15 is 0 Å². The van der Waals surface area contributed by atoms with Gasteiger partial charge in [-0.3, -0.25) is 9.11 Å². The molecule has 0 radical (unpaired) electrons. The summed E-state index contributed by atoms with van der Waals surface area (Å²) in [7, 11) is 1.33. The van der Waals surface area contributed by atoms with E-state index in [2.05, 4.69) is 10.2 Å². The molecule has 16 heavy (non-hydrogen) atoms. The topological polar surface area (TPSA) is 45.5 Å².